The van der Waals surface area contributed by atoms with E-state index in [0.717, 1.165) is 5.69 Å². The van der Waals surface area contributed by atoms with Crippen molar-refractivity contribution in [2.24, 2.45) is 4.99 Å². The van der Waals surface area contributed by atoms with Gasteiger partial charge in [-0.2, -0.15) is 0 Å². The van der Waals surface area contributed by atoms with Gasteiger partial charge in [-0.1, -0.05) is 32.9 Å². The van der Waals surface area contributed by atoms with Crippen LogP contribution in [0.15, 0.2) is 23.2 Å². The average Bonchev–Trinajstić information content (AvgIpc) is 2.48. The number of hydrogen-bond acceptors (Lipinski definition) is 1. The lowest BCUT2D eigenvalue weighted by Crippen LogP contribution is -2.12. The normalized spacial score (nSPS) is 13.5. The minimum atomic E-state index is 0.184. The molecule has 0 bridgehead atoms. The van der Waals surface area contributed by atoms with Crippen LogP contribution in [0.5, 0.6) is 0 Å². The largest absolute Gasteiger partial charge is 0.206 e. The maximum Gasteiger partial charge on any atom is 0.0811 e. The summed E-state index contributed by atoms with van der Waals surface area (Å²) < 4.78 is 0. The van der Waals surface area contributed by atoms with Crippen LogP contribution in [0, 0.1) is 0 Å². The van der Waals surface area contributed by atoms with Crippen LogP contribution in [-0.4, -0.2) is 5.87 Å². The molecule has 1 nitrogen and oxygen atoms in total. The van der Waals surface area contributed by atoms with E-state index in [-0.39, 0.29) is 5.41 Å². The molecule has 66 valence electrons. The molecule has 1 heteroatoms. The van der Waals surface area contributed by atoms with Gasteiger partial charge < -0.3 is 0 Å². The van der Waals surface area contributed by atoms with Gasteiger partial charge in [-0.05, 0) is 22.9 Å². The second-order valence-corrected chi connectivity index (χ2v) is 4.37. The molecule has 0 radical (unpaired) electrons. The third-order valence-corrected chi connectivity index (χ3v) is 2.29. The van der Waals surface area contributed by atoms with Gasteiger partial charge in [0.05, 0.1) is 5.69 Å². The third kappa shape index (κ3) is 1.32. The predicted octanol–water partition coefficient (Wildman–Crippen LogP) is 3.31. The second kappa shape index (κ2) is 2.58. The molecule has 0 amide bonds. The van der Waals surface area contributed by atoms with Gasteiger partial charge in [0, 0.05) is 11.6 Å². The van der Waals surface area contributed by atoms with Crippen molar-refractivity contribution in [1.29, 1.82) is 0 Å². The summed E-state index contributed by atoms with van der Waals surface area (Å²) >= 11 is 0. The van der Waals surface area contributed by atoms with Crippen LogP contribution in [0.25, 0.3) is 6.08 Å². The van der Waals surface area contributed by atoms with Crippen molar-refractivity contribution in [2.75, 3.05) is 0 Å². The Morgan fingerprint density at radius 3 is 2.69 bits per heavy atom. The fourth-order valence-electron chi connectivity index (χ4n) is 1.62. The molecule has 0 saturated carbocycles. The van der Waals surface area contributed by atoms with E-state index in [9.17, 15) is 0 Å². The molecule has 1 aromatic rings. The highest BCUT2D eigenvalue weighted by atomic mass is 14.7. The number of rotatable bonds is 0. The van der Waals surface area contributed by atoms with Crippen molar-refractivity contribution in [3.63, 3.8) is 0 Å². The monoisotopic (exact) mass is 171 g/mol. The molecule has 2 rings (SSSR count). The molecule has 0 unspecified atom stereocenters. The molecule has 0 spiro atoms. The summed E-state index contributed by atoms with van der Waals surface area (Å²) in [5.74, 6) is 2.90. The molecule has 0 aromatic heterocycles. The van der Waals surface area contributed by atoms with Gasteiger partial charge in [0.15, 0.2) is 0 Å². The van der Waals surface area contributed by atoms with Gasteiger partial charge >= 0.3 is 0 Å². The van der Waals surface area contributed by atoms with Crippen molar-refractivity contribution >= 4 is 17.6 Å². The second-order valence-electron chi connectivity index (χ2n) is 4.37. The van der Waals surface area contributed by atoms with Crippen molar-refractivity contribution in [3.8, 4) is 0 Å². The van der Waals surface area contributed by atoms with Crippen LogP contribution in [0.4, 0.5) is 5.69 Å². The number of nitrogens with zero attached hydrogens (tertiary/aromatic N) is 1. The van der Waals surface area contributed by atoms with E-state index in [2.05, 4.69) is 43.8 Å². The Kier molecular flexibility index (Phi) is 1.64. The molecule has 1 aliphatic heterocycles. The quantitative estimate of drug-likeness (QED) is 0.576. The Bertz CT molecular complexity index is 402. The van der Waals surface area contributed by atoms with Crippen LogP contribution < -0.4 is 0 Å². The highest BCUT2D eigenvalue weighted by molar-refractivity contribution is 5.91. The van der Waals surface area contributed by atoms with Gasteiger partial charge in [0.2, 0.25) is 0 Å². The zero-order valence-corrected chi connectivity index (χ0v) is 8.26. The van der Waals surface area contributed by atoms with Crippen molar-refractivity contribution in [3.05, 3.63) is 29.3 Å². The number of aliphatic imine (C=N–C) groups is 1. The minimum absolute atomic E-state index is 0.184. The first-order valence-corrected chi connectivity index (χ1v) is 4.52. The van der Waals surface area contributed by atoms with E-state index in [0.29, 0.717) is 0 Å². The number of hydrogen-bond donors (Lipinski definition) is 0. The Hall–Kier alpha value is -1.33. The minimum Gasteiger partial charge on any atom is -0.206 e. The molecule has 0 atom stereocenters. The smallest absolute Gasteiger partial charge is 0.0811 e. The molecule has 0 saturated heterocycles. The molecular weight excluding hydrogens is 158 g/mol. The van der Waals surface area contributed by atoms with Gasteiger partial charge in [-0.15, -0.1) is 0 Å². The first-order valence-electron chi connectivity index (χ1n) is 4.52. The van der Waals surface area contributed by atoms with Gasteiger partial charge in [-0.25, -0.2) is 4.99 Å². The lowest BCUT2D eigenvalue weighted by atomic mass is 9.83. The standard InChI is InChI=1S/C12H13N/c1-12(2,3)10-5-4-6-11-9(10)7-8-13-11/h4-7H,1-3H3. The summed E-state index contributed by atoms with van der Waals surface area (Å²) in [7, 11) is 0. The van der Waals surface area contributed by atoms with Gasteiger partial charge in [-0.3, -0.25) is 0 Å². The predicted molar refractivity (Wildman–Crippen MR) is 56.7 cm³/mol. The van der Waals surface area contributed by atoms with Crippen molar-refractivity contribution in [2.45, 2.75) is 26.2 Å². The Morgan fingerprint density at radius 1 is 1.23 bits per heavy atom. The van der Waals surface area contributed by atoms with Crippen molar-refractivity contribution < 1.29 is 0 Å². The molecule has 0 aliphatic carbocycles. The molecule has 1 aliphatic rings. The van der Waals surface area contributed by atoms with Crippen LogP contribution in [0.2, 0.25) is 0 Å². The Balaban J connectivity index is 2.63. The average molecular weight is 171 g/mol. The zero-order valence-electron chi connectivity index (χ0n) is 8.26. The van der Waals surface area contributed by atoms with E-state index in [4.69, 9.17) is 0 Å². The first-order chi connectivity index (χ1) is 6.09. The highest BCUT2D eigenvalue weighted by Crippen LogP contribution is 2.33. The Morgan fingerprint density at radius 2 is 2.00 bits per heavy atom. The Labute approximate surface area is 78.8 Å². The molecule has 1 aromatic carbocycles. The maximum atomic E-state index is 4.17. The van der Waals surface area contributed by atoms with Crippen LogP contribution in [-0.2, 0) is 5.41 Å². The molecule has 13 heavy (non-hydrogen) atoms. The third-order valence-electron chi connectivity index (χ3n) is 2.29. The zero-order chi connectivity index (χ0) is 9.47. The lowest BCUT2D eigenvalue weighted by molar-refractivity contribution is 0.589. The topological polar surface area (TPSA) is 12.4 Å². The summed E-state index contributed by atoms with van der Waals surface area (Å²) in [5, 5.41) is 0. The van der Waals surface area contributed by atoms with E-state index in [1.165, 1.54) is 11.1 Å². The van der Waals surface area contributed by atoms with Crippen LogP contribution in [0.3, 0.4) is 0 Å². The fourth-order valence-corrected chi connectivity index (χ4v) is 1.62. The van der Waals surface area contributed by atoms with E-state index >= 15 is 0 Å². The first kappa shape index (κ1) is 8.28. The van der Waals surface area contributed by atoms with E-state index < -0.39 is 0 Å². The molecule has 0 N–H and O–H groups in total. The molecule has 1 heterocycles. The van der Waals surface area contributed by atoms with Crippen LogP contribution >= 0.6 is 0 Å². The summed E-state index contributed by atoms with van der Waals surface area (Å²) in [6.07, 6.45) is 1.97. The van der Waals surface area contributed by atoms with Crippen LogP contribution in [0.1, 0.15) is 31.9 Å². The number of benzene rings is 1. The lowest BCUT2D eigenvalue weighted by Gasteiger charge is -2.21. The summed E-state index contributed by atoms with van der Waals surface area (Å²) in [4.78, 5) is 4.17. The maximum absolute atomic E-state index is 4.17. The SMILES string of the molecule is CC(C)(C)c1cccc2c1C=C=N2. The molecule has 0 fully saturated rings. The van der Waals surface area contributed by atoms with Gasteiger partial charge in [0.1, 0.15) is 0 Å². The summed E-state index contributed by atoms with van der Waals surface area (Å²) in [6.45, 7) is 6.65. The molecular formula is C12H13N. The van der Waals surface area contributed by atoms with Gasteiger partial charge in [0.25, 0.3) is 0 Å². The fraction of sp³-hybridized carbons (Fsp3) is 0.333. The van der Waals surface area contributed by atoms with E-state index in [1.807, 2.05) is 12.1 Å². The van der Waals surface area contributed by atoms with Crippen molar-refractivity contribution in [1.82, 2.24) is 0 Å². The number of fused-ring (bicyclic) bond motifs is 1. The van der Waals surface area contributed by atoms with E-state index in [1.54, 1.807) is 0 Å². The summed E-state index contributed by atoms with van der Waals surface area (Å²) in [5.41, 5.74) is 3.81. The summed E-state index contributed by atoms with van der Waals surface area (Å²) in [6, 6.07) is 6.25. The highest BCUT2D eigenvalue weighted by Gasteiger charge is 2.19.